The number of nitrogens with zero attached hydrogens (tertiary/aromatic N) is 1. The second-order valence-electron chi connectivity index (χ2n) is 5.00. The molecule has 2 rings (SSSR count). The van der Waals surface area contributed by atoms with Gasteiger partial charge in [-0.3, -0.25) is 4.79 Å². The molecule has 1 amide bonds. The van der Waals surface area contributed by atoms with Crippen LogP contribution in [0.1, 0.15) is 26.7 Å². The fourth-order valence-corrected chi connectivity index (χ4v) is 2.27. The maximum atomic E-state index is 11.8. The van der Waals surface area contributed by atoms with Crippen molar-refractivity contribution in [3.05, 3.63) is 23.2 Å². The summed E-state index contributed by atoms with van der Waals surface area (Å²) in [5, 5.41) is 3.68. The van der Waals surface area contributed by atoms with Crippen molar-refractivity contribution >= 4 is 28.9 Å². The molecule has 98 valence electrons. The van der Waals surface area contributed by atoms with E-state index < -0.39 is 0 Å². The predicted molar refractivity (Wildman–Crippen MR) is 76.4 cm³/mol. The molecule has 0 bridgehead atoms. The van der Waals surface area contributed by atoms with Crippen LogP contribution in [-0.2, 0) is 4.79 Å². The zero-order valence-corrected chi connectivity index (χ0v) is 11.6. The normalized spacial score (nSPS) is 15.2. The quantitative estimate of drug-likeness (QED) is 0.908. The Balaban J connectivity index is 2.25. The molecular weight excluding hydrogens is 248 g/mol. The number of amides is 1. The first-order valence-corrected chi connectivity index (χ1v) is 6.81. The van der Waals surface area contributed by atoms with Gasteiger partial charge in [0, 0.05) is 24.0 Å². The van der Waals surface area contributed by atoms with Gasteiger partial charge in [-0.2, -0.15) is 0 Å². The molecule has 1 aromatic rings. The summed E-state index contributed by atoms with van der Waals surface area (Å²) in [6, 6.07) is 5.64. The molecule has 0 unspecified atom stereocenters. The first kappa shape index (κ1) is 13.2. The van der Waals surface area contributed by atoms with Crippen molar-refractivity contribution in [2.45, 2.75) is 26.7 Å². The van der Waals surface area contributed by atoms with Crippen LogP contribution < -0.4 is 10.2 Å². The largest absolute Gasteiger partial charge is 0.370 e. The predicted octanol–water partition coefficient (Wildman–Crippen LogP) is 3.53. The third-order valence-electron chi connectivity index (χ3n) is 3.19. The lowest BCUT2D eigenvalue weighted by Crippen LogP contribution is -2.23. The minimum absolute atomic E-state index is 0.0212. The molecule has 0 saturated carbocycles. The number of benzene rings is 1. The van der Waals surface area contributed by atoms with Crippen LogP contribution in [0.3, 0.4) is 0 Å². The number of rotatable bonds is 3. The summed E-state index contributed by atoms with van der Waals surface area (Å²) in [5.41, 5.74) is 1.90. The van der Waals surface area contributed by atoms with E-state index in [1.807, 2.05) is 32.0 Å². The van der Waals surface area contributed by atoms with Crippen LogP contribution in [0.25, 0.3) is 0 Å². The van der Waals surface area contributed by atoms with Crippen LogP contribution in [0.15, 0.2) is 18.2 Å². The Morgan fingerprint density at radius 1 is 1.33 bits per heavy atom. The number of halogens is 1. The van der Waals surface area contributed by atoms with E-state index in [-0.39, 0.29) is 11.8 Å². The first-order chi connectivity index (χ1) is 8.58. The Bertz CT molecular complexity index is 439. The van der Waals surface area contributed by atoms with Crippen LogP contribution in [0.5, 0.6) is 0 Å². The summed E-state index contributed by atoms with van der Waals surface area (Å²) >= 11 is 6.05. The maximum Gasteiger partial charge on any atom is 0.226 e. The smallest absolute Gasteiger partial charge is 0.226 e. The molecule has 0 aromatic heterocycles. The third kappa shape index (κ3) is 2.96. The van der Waals surface area contributed by atoms with Gasteiger partial charge in [0.05, 0.1) is 11.4 Å². The number of carbonyl (C=O) groups is 1. The zero-order chi connectivity index (χ0) is 13.1. The average molecular weight is 267 g/mol. The van der Waals surface area contributed by atoms with Crippen LogP contribution >= 0.6 is 11.6 Å². The van der Waals surface area contributed by atoms with Gasteiger partial charge in [-0.05, 0) is 31.0 Å². The van der Waals surface area contributed by atoms with E-state index in [1.165, 1.54) is 12.8 Å². The van der Waals surface area contributed by atoms with Crippen molar-refractivity contribution in [1.82, 2.24) is 0 Å². The molecule has 1 heterocycles. The second-order valence-corrected chi connectivity index (χ2v) is 5.44. The van der Waals surface area contributed by atoms with Crippen LogP contribution in [0.2, 0.25) is 5.02 Å². The van der Waals surface area contributed by atoms with Crippen molar-refractivity contribution in [2.75, 3.05) is 23.3 Å². The van der Waals surface area contributed by atoms with Crippen LogP contribution in [0.4, 0.5) is 11.4 Å². The molecule has 1 fully saturated rings. The van der Waals surface area contributed by atoms with Crippen molar-refractivity contribution in [2.24, 2.45) is 5.92 Å². The molecule has 4 heteroatoms. The third-order valence-corrected chi connectivity index (χ3v) is 3.42. The Morgan fingerprint density at radius 3 is 2.61 bits per heavy atom. The van der Waals surface area contributed by atoms with Crippen molar-refractivity contribution in [1.29, 1.82) is 0 Å². The van der Waals surface area contributed by atoms with E-state index in [0.717, 1.165) is 24.5 Å². The lowest BCUT2D eigenvalue weighted by molar-refractivity contribution is -0.118. The number of hydrogen-bond acceptors (Lipinski definition) is 2. The van der Waals surface area contributed by atoms with Gasteiger partial charge < -0.3 is 10.2 Å². The van der Waals surface area contributed by atoms with Crippen molar-refractivity contribution in [3.63, 3.8) is 0 Å². The second kappa shape index (κ2) is 5.61. The molecule has 3 nitrogen and oxygen atoms in total. The Labute approximate surface area is 113 Å². The lowest BCUT2D eigenvalue weighted by atomic mass is 10.2. The van der Waals surface area contributed by atoms with Crippen LogP contribution in [0, 0.1) is 5.92 Å². The highest BCUT2D eigenvalue weighted by atomic mass is 35.5. The maximum absolute atomic E-state index is 11.8. The minimum atomic E-state index is -0.0212. The summed E-state index contributed by atoms with van der Waals surface area (Å²) in [4.78, 5) is 14.1. The standard InChI is InChI=1S/C14H19ClN2O/c1-10(2)14(18)16-12-6-5-11(15)9-13(12)17-7-3-4-8-17/h5-6,9-10H,3-4,7-8H2,1-2H3,(H,16,18). The number of nitrogens with one attached hydrogen (secondary N) is 1. The Hall–Kier alpha value is -1.22. The van der Waals surface area contributed by atoms with Crippen LogP contribution in [-0.4, -0.2) is 19.0 Å². The summed E-state index contributed by atoms with van der Waals surface area (Å²) in [6.45, 7) is 5.84. The van der Waals surface area contributed by atoms with E-state index >= 15 is 0 Å². The summed E-state index contributed by atoms with van der Waals surface area (Å²) in [7, 11) is 0. The van der Waals surface area contributed by atoms with Gasteiger partial charge in [-0.25, -0.2) is 0 Å². The molecule has 1 aliphatic heterocycles. The Morgan fingerprint density at radius 2 is 2.00 bits per heavy atom. The summed E-state index contributed by atoms with van der Waals surface area (Å²) in [6.07, 6.45) is 2.40. The lowest BCUT2D eigenvalue weighted by Gasteiger charge is -2.22. The highest BCUT2D eigenvalue weighted by Crippen LogP contribution is 2.32. The van der Waals surface area contributed by atoms with Gasteiger partial charge in [-0.1, -0.05) is 25.4 Å². The molecule has 1 N–H and O–H groups in total. The molecule has 1 aromatic carbocycles. The fourth-order valence-electron chi connectivity index (χ4n) is 2.11. The van der Waals surface area contributed by atoms with Crippen molar-refractivity contribution in [3.8, 4) is 0 Å². The molecular formula is C14H19ClN2O. The van der Waals surface area contributed by atoms with Gasteiger partial charge in [0.25, 0.3) is 0 Å². The van der Waals surface area contributed by atoms with Gasteiger partial charge >= 0.3 is 0 Å². The summed E-state index contributed by atoms with van der Waals surface area (Å²) in [5.74, 6) is 0.0184. The van der Waals surface area contributed by atoms with Crippen molar-refractivity contribution < 1.29 is 4.79 Å². The molecule has 18 heavy (non-hydrogen) atoms. The highest BCUT2D eigenvalue weighted by Gasteiger charge is 2.18. The van der Waals surface area contributed by atoms with Gasteiger partial charge in [0.15, 0.2) is 0 Å². The molecule has 1 saturated heterocycles. The average Bonchev–Trinajstić information content (AvgIpc) is 2.84. The van der Waals surface area contributed by atoms with Gasteiger partial charge in [-0.15, -0.1) is 0 Å². The molecule has 0 radical (unpaired) electrons. The Kier molecular flexibility index (Phi) is 4.12. The van der Waals surface area contributed by atoms with E-state index in [4.69, 9.17) is 11.6 Å². The van der Waals surface area contributed by atoms with Gasteiger partial charge in [0.2, 0.25) is 5.91 Å². The van der Waals surface area contributed by atoms with Gasteiger partial charge in [0.1, 0.15) is 0 Å². The van der Waals surface area contributed by atoms with E-state index in [2.05, 4.69) is 10.2 Å². The SMILES string of the molecule is CC(C)C(=O)Nc1ccc(Cl)cc1N1CCCC1. The minimum Gasteiger partial charge on any atom is -0.370 e. The molecule has 1 aliphatic rings. The number of anilines is 2. The molecule has 0 atom stereocenters. The fraction of sp³-hybridized carbons (Fsp3) is 0.500. The van der Waals surface area contributed by atoms with E-state index in [0.29, 0.717) is 5.02 Å². The van der Waals surface area contributed by atoms with E-state index in [9.17, 15) is 4.79 Å². The number of carbonyl (C=O) groups excluding carboxylic acids is 1. The topological polar surface area (TPSA) is 32.3 Å². The first-order valence-electron chi connectivity index (χ1n) is 6.43. The zero-order valence-electron chi connectivity index (χ0n) is 10.9. The van der Waals surface area contributed by atoms with E-state index in [1.54, 1.807) is 0 Å². The number of hydrogen-bond donors (Lipinski definition) is 1. The highest BCUT2D eigenvalue weighted by molar-refractivity contribution is 6.31. The molecule has 0 aliphatic carbocycles. The summed E-state index contributed by atoms with van der Waals surface area (Å²) < 4.78 is 0. The monoisotopic (exact) mass is 266 g/mol. The molecule has 0 spiro atoms.